The summed E-state index contributed by atoms with van der Waals surface area (Å²) >= 11 is 0. The standard InChI is InChI=1S/C17H21N3O4/c1-12(6-7-13-5-4-10-19(13)2)18-17(21)15-11-14(24-3)8-9-16(15)20(22)23/h4-5,8-12H,6-7H2,1-3H3,(H,18,21). The average molecular weight is 331 g/mol. The van der Waals surface area contributed by atoms with Gasteiger partial charge in [-0.2, -0.15) is 0 Å². The number of nitro groups is 1. The molecule has 1 atom stereocenters. The second kappa shape index (κ2) is 7.63. The molecule has 2 rings (SSSR count). The van der Waals surface area contributed by atoms with Crippen molar-refractivity contribution in [3.63, 3.8) is 0 Å². The molecule has 0 spiro atoms. The maximum Gasteiger partial charge on any atom is 0.282 e. The molecule has 0 saturated carbocycles. The quantitative estimate of drug-likeness (QED) is 0.624. The van der Waals surface area contributed by atoms with Crippen LogP contribution in [0.1, 0.15) is 29.4 Å². The van der Waals surface area contributed by atoms with Crippen LogP contribution in [-0.4, -0.2) is 28.5 Å². The first-order valence-corrected chi connectivity index (χ1v) is 7.66. The number of aryl methyl sites for hydroxylation is 2. The van der Waals surface area contributed by atoms with Crippen molar-refractivity contribution < 1.29 is 14.5 Å². The van der Waals surface area contributed by atoms with Crippen molar-refractivity contribution in [3.05, 3.63) is 57.9 Å². The zero-order chi connectivity index (χ0) is 17.7. The summed E-state index contributed by atoms with van der Waals surface area (Å²) in [5.74, 6) is -0.0674. The van der Waals surface area contributed by atoms with Gasteiger partial charge >= 0.3 is 0 Å². The van der Waals surface area contributed by atoms with Crippen LogP contribution in [0, 0.1) is 10.1 Å². The Balaban J connectivity index is 2.05. The number of aromatic nitrogens is 1. The fourth-order valence-electron chi connectivity index (χ4n) is 2.48. The molecule has 1 unspecified atom stereocenters. The van der Waals surface area contributed by atoms with E-state index in [1.807, 2.05) is 36.9 Å². The van der Waals surface area contributed by atoms with Crippen molar-refractivity contribution in [2.75, 3.05) is 7.11 Å². The number of hydrogen-bond donors (Lipinski definition) is 1. The number of carbonyl (C=O) groups excluding carboxylic acids is 1. The molecular weight excluding hydrogens is 310 g/mol. The summed E-state index contributed by atoms with van der Waals surface area (Å²) in [6, 6.07) is 8.02. The van der Waals surface area contributed by atoms with E-state index in [1.165, 1.54) is 31.0 Å². The Morgan fingerprint density at radius 2 is 2.17 bits per heavy atom. The number of rotatable bonds is 7. The van der Waals surface area contributed by atoms with Gasteiger partial charge in [-0.15, -0.1) is 0 Å². The number of amides is 1. The molecule has 0 fully saturated rings. The second-order valence-electron chi connectivity index (χ2n) is 5.66. The van der Waals surface area contributed by atoms with Crippen LogP contribution in [-0.2, 0) is 13.5 Å². The van der Waals surface area contributed by atoms with Crippen LogP contribution in [0.25, 0.3) is 0 Å². The average Bonchev–Trinajstić information content (AvgIpc) is 2.97. The molecule has 0 aliphatic heterocycles. The van der Waals surface area contributed by atoms with E-state index in [0.29, 0.717) is 5.75 Å². The zero-order valence-corrected chi connectivity index (χ0v) is 14.0. The summed E-state index contributed by atoms with van der Waals surface area (Å²) < 4.78 is 7.08. The van der Waals surface area contributed by atoms with Gasteiger partial charge in [0.2, 0.25) is 0 Å². The smallest absolute Gasteiger partial charge is 0.282 e. The van der Waals surface area contributed by atoms with E-state index < -0.39 is 10.8 Å². The van der Waals surface area contributed by atoms with Crippen LogP contribution in [0.3, 0.4) is 0 Å². The van der Waals surface area contributed by atoms with Crippen LogP contribution in [0.4, 0.5) is 5.69 Å². The lowest BCUT2D eigenvalue weighted by Crippen LogP contribution is -2.33. The fraction of sp³-hybridized carbons (Fsp3) is 0.353. The molecular formula is C17H21N3O4. The van der Waals surface area contributed by atoms with Gasteiger partial charge in [-0.3, -0.25) is 14.9 Å². The van der Waals surface area contributed by atoms with Crippen LogP contribution in [0.5, 0.6) is 5.75 Å². The van der Waals surface area contributed by atoms with Gasteiger partial charge in [0.1, 0.15) is 11.3 Å². The van der Waals surface area contributed by atoms with Crippen LogP contribution in [0.2, 0.25) is 0 Å². The van der Waals surface area contributed by atoms with Gasteiger partial charge in [-0.25, -0.2) is 0 Å². The molecule has 1 N–H and O–H groups in total. The van der Waals surface area contributed by atoms with E-state index >= 15 is 0 Å². The summed E-state index contributed by atoms with van der Waals surface area (Å²) in [5, 5.41) is 13.9. The van der Waals surface area contributed by atoms with E-state index in [9.17, 15) is 14.9 Å². The summed E-state index contributed by atoms with van der Waals surface area (Å²) in [4.78, 5) is 22.9. The molecule has 1 amide bonds. The fourth-order valence-corrected chi connectivity index (χ4v) is 2.48. The lowest BCUT2D eigenvalue weighted by molar-refractivity contribution is -0.385. The lowest BCUT2D eigenvalue weighted by Gasteiger charge is -2.14. The molecule has 128 valence electrons. The predicted molar refractivity (Wildman–Crippen MR) is 90.3 cm³/mol. The van der Waals surface area contributed by atoms with Crippen molar-refractivity contribution in [2.24, 2.45) is 7.05 Å². The Bertz CT molecular complexity index is 739. The van der Waals surface area contributed by atoms with Gasteiger partial charge < -0.3 is 14.6 Å². The minimum Gasteiger partial charge on any atom is -0.497 e. The highest BCUT2D eigenvalue weighted by atomic mass is 16.6. The molecule has 0 aliphatic rings. The van der Waals surface area contributed by atoms with Crippen LogP contribution >= 0.6 is 0 Å². The van der Waals surface area contributed by atoms with Gasteiger partial charge in [0, 0.05) is 31.0 Å². The predicted octanol–water partition coefficient (Wildman–Crippen LogP) is 2.69. The van der Waals surface area contributed by atoms with E-state index in [1.54, 1.807) is 0 Å². The van der Waals surface area contributed by atoms with Crippen molar-refractivity contribution in [1.29, 1.82) is 0 Å². The van der Waals surface area contributed by atoms with Crippen LogP contribution < -0.4 is 10.1 Å². The molecule has 1 aromatic heterocycles. The first kappa shape index (κ1) is 17.5. The molecule has 1 heterocycles. The SMILES string of the molecule is COc1ccc([N+](=O)[O-])c(C(=O)NC(C)CCc2cccn2C)c1. The van der Waals surface area contributed by atoms with Crippen LogP contribution in [0.15, 0.2) is 36.5 Å². The molecule has 2 aromatic rings. The number of hydrogen-bond acceptors (Lipinski definition) is 4. The molecule has 1 aromatic carbocycles. The molecule has 0 radical (unpaired) electrons. The second-order valence-corrected chi connectivity index (χ2v) is 5.66. The van der Waals surface area contributed by atoms with E-state index in [0.717, 1.165) is 12.8 Å². The third kappa shape index (κ3) is 4.13. The van der Waals surface area contributed by atoms with Crippen molar-refractivity contribution in [1.82, 2.24) is 9.88 Å². The third-order valence-corrected chi connectivity index (χ3v) is 3.91. The minimum atomic E-state index is -0.566. The number of nitro benzene ring substituents is 1. The Morgan fingerprint density at radius 1 is 1.42 bits per heavy atom. The van der Waals surface area contributed by atoms with Crippen molar-refractivity contribution >= 4 is 11.6 Å². The number of methoxy groups -OCH3 is 1. The highest BCUT2D eigenvalue weighted by Crippen LogP contribution is 2.24. The maximum absolute atomic E-state index is 12.4. The highest BCUT2D eigenvalue weighted by Gasteiger charge is 2.22. The Morgan fingerprint density at radius 3 is 2.75 bits per heavy atom. The topological polar surface area (TPSA) is 86.4 Å². The van der Waals surface area contributed by atoms with Crippen molar-refractivity contribution in [2.45, 2.75) is 25.8 Å². The Labute approximate surface area is 140 Å². The van der Waals surface area contributed by atoms with Gasteiger partial charge in [-0.05, 0) is 44.0 Å². The summed E-state index contributed by atoms with van der Waals surface area (Å²) in [5.41, 5.74) is 0.941. The summed E-state index contributed by atoms with van der Waals surface area (Å²) in [6.45, 7) is 1.88. The maximum atomic E-state index is 12.4. The van der Waals surface area contributed by atoms with E-state index in [-0.39, 0.29) is 17.3 Å². The monoisotopic (exact) mass is 331 g/mol. The molecule has 0 aliphatic carbocycles. The molecule has 7 nitrogen and oxygen atoms in total. The Kier molecular flexibility index (Phi) is 5.57. The third-order valence-electron chi connectivity index (χ3n) is 3.91. The highest BCUT2D eigenvalue weighted by molar-refractivity contribution is 5.98. The number of ether oxygens (including phenoxy) is 1. The molecule has 0 saturated heterocycles. The van der Waals surface area contributed by atoms with Crippen molar-refractivity contribution in [3.8, 4) is 5.75 Å². The number of benzene rings is 1. The molecule has 24 heavy (non-hydrogen) atoms. The van der Waals surface area contributed by atoms with E-state index in [4.69, 9.17) is 4.74 Å². The molecule has 0 bridgehead atoms. The number of nitrogens with one attached hydrogen (secondary N) is 1. The summed E-state index contributed by atoms with van der Waals surface area (Å²) in [6.07, 6.45) is 3.52. The molecule has 7 heteroatoms. The number of carbonyl (C=O) groups is 1. The minimum absolute atomic E-state index is 0.00469. The normalized spacial score (nSPS) is 11.8. The van der Waals surface area contributed by atoms with E-state index in [2.05, 4.69) is 5.32 Å². The zero-order valence-electron chi connectivity index (χ0n) is 14.0. The first-order chi connectivity index (χ1) is 11.4. The Hall–Kier alpha value is -2.83. The lowest BCUT2D eigenvalue weighted by atomic mass is 10.1. The number of nitrogens with zero attached hydrogens (tertiary/aromatic N) is 2. The van der Waals surface area contributed by atoms with Gasteiger partial charge in [0.25, 0.3) is 11.6 Å². The van der Waals surface area contributed by atoms with Gasteiger partial charge in [-0.1, -0.05) is 0 Å². The van der Waals surface area contributed by atoms with Gasteiger partial charge in [0.05, 0.1) is 12.0 Å². The van der Waals surface area contributed by atoms with Gasteiger partial charge in [0.15, 0.2) is 0 Å². The summed E-state index contributed by atoms with van der Waals surface area (Å²) in [7, 11) is 3.42. The largest absolute Gasteiger partial charge is 0.497 e. The first-order valence-electron chi connectivity index (χ1n) is 7.66.